The Labute approximate surface area is 172 Å². The molecule has 0 radical (unpaired) electrons. The second-order valence-electron chi connectivity index (χ2n) is 7.34. The van der Waals surface area contributed by atoms with Crippen LogP contribution in [0.4, 0.5) is 5.69 Å². The average Bonchev–Trinajstić information content (AvgIpc) is 2.73. The van der Waals surface area contributed by atoms with Crippen molar-refractivity contribution in [3.8, 4) is 5.75 Å². The van der Waals surface area contributed by atoms with E-state index in [2.05, 4.69) is 57.6 Å². The summed E-state index contributed by atoms with van der Waals surface area (Å²) in [5.41, 5.74) is 5.41. The van der Waals surface area contributed by atoms with Gasteiger partial charge in [0.15, 0.2) is 5.78 Å². The van der Waals surface area contributed by atoms with Gasteiger partial charge in [0.05, 0.1) is 13.2 Å². The normalized spacial score (nSPS) is 18.5. The van der Waals surface area contributed by atoms with E-state index in [1.54, 1.807) is 7.11 Å². The molecule has 1 atom stereocenters. The number of allylic oxidation sites excluding steroid dienone is 1. The first-order valence-electron chi connectivity index (χ1n) is 9.55. The molecule has 1 heterocycles. The number of hydrogen-bond acceptors (Lipinski definition) is 3. The van der Waals surface area contributed by atoms with E-state index in [-0.39, 0.29) is 11.8 Å². The van der Waals surface area contributed by atoms with E-state index < -0.39 is 0 Å². The lowest BCUT2D eigenvalue weighted by Crippen LogP contribution is -2.27. The Bertz CT molecular complexity index is 1150. The highest BCUT2D eigenvalue weighted by molar-refractivity contribution is 9.10. The fourth-order valence-corrected chi connectivity index (χ4v) is 4.98. The van der Waals surface area contributed by atoms with E-state index in [0.29, 0.717) is 6.42 Å². The number of methoxy groups -OCH3 is 1. The number of fused-ring (bicyclic) bond motifs is 4. The lowest BCUT2D eigenvalue weighted by Gasteiger charge is -2.35. The molecule has 0 amide bonds. The summed E-state index contributed by atoms with van der Waals surface area (Å²) in [6.07, 6.45) is 2.45. The van der Waals surface area contributed by atoms with Crippen molar-refractivity contribution in [1.82, 2.24) is 0 Å². The maximum atomic E-state index is 13.1. The predicted molar refractivity (Wildman–Crippen MR) is 117 cm³/mol. The molecule has 0 unspecified atom stereocenters. The van der Waals surface area contributed by atoms with Crippen LogP contribution in [0.2, 0.25) is 0 Å². The highest BCUT2D eigenvalue weighted by Gasteiger charge is 2.35. The molecule has 0 bridgehead atoms. The van der Waals surface area contributed by atoms with Crippen LogP contribution >= 0.6 is 15.9 Å². The number of Topliss-reactive ketones (excluding diaryl/α,β-unsaturated/α-hetero) is 1. The van der Waals surface area contributed by atoms with E-state index >= 15 is 0 Å². The van der Waals surface area contributed by atoms with Gasteiger partial charge in [-0.1, -0.05) is 46.3 Å². The summed E-state index contributed by atoms with van der Waals surface area (Å²) in [4.78, 5) is 13.1. The molecule has 0 fully saturated rings. The van der Waals surface area contributed by atoms with Gasteiger partial charge in [-0.3, -0.25) is 4.79 Å². The summed E-state index contributed by atoms with van der Waals surface area (Å²) in [5, 5.41) is 6.07. The highest BCUT2D eigenvalue weighted by atomic mass is 79.9. The Hall–Kier alpha value is -2.59. The van der Waals surface area contributed by atoms with Crippen LogP contribution in [0.1, 0.15) is 36.4 Å². The van der Waals surface area contributed by atoms with Crippen molar-refractivity contribution in [2.45, 2.75) is 25.3 Å². The lowest BCUT2D eigenvalue weighted by atomic mass is 9.77. The summed E-state index contributed by atoms with van der Waals surface area (Å²) in [5.74, 6) is 1.03. The van der Waals surface area contributed by atoms with Crippen molar-refractivity contribution in [2.24, 2.45) is 0 Å². The number of hydrogen-bond donors (Lipinski definition) is 1. The third-order valence-corrected chi connectivity index (χ3v) is 6.51. The van der Waals surface area contributed by atoms with E-state index in [9.17, 15) is 4.79 Å². The quantitative estimate of drug-likeness (QED) is 0.516. The summed E-state index contributed by atoms with van der Waals surface area (Å²) in [6, 6.07) is 18.4. The Morgan fingerprint density at radius 3 is 2.79 bits per heavy atom. The van der Waals surface area contributed by atoms with Crippen LogP contribution in [0, 0.1) is 0 Å². The van der Waals surface area contributed by atoms with Crippen molar-refractivity contribution in [2.75, 3.05) is 12.4 Å². The minimum Gasteiger partial charge on any atom is -0.497 e. The molecule has 28 heavy (non-hydrogen) atoms. The van der Waals surface area contributed by atoms with Gasteiger partial charge in [-0.05, 0) is 59.0 Å². The molecule has 1 aliphatic heterocycles. The monoisotopic (exact) mass is 433 g/mol. The number of carbonyl (C=O) groups is 1. The van der Waals surface area contributed by atoms with Crippen LogP contribution in [0.5, 0.6) is 5.75 Å². The van der Waals surface area contributed by atoms with Gasteiger partial charge in [0.2, 0.25) is 0 Å². The SMILES string of the molecule is COc1ccc(Br)c([C@@H]2Nc3ccc4ccccc4c3C3=C2C(=O)CCC3)c1. The van der Waals surface area contributed by atoms with Crippen LogP contribution in [0.3, 0.4) is 0 Å². The molecule has 0 aromatic heterocycles. The standard InChI is InChI=1S/C24H20BrNO2/c1-28-15-10-11-19(25)18(13-15)24-23-17(7-4-8-21(23)27)22-16-6-3-2-5-14(16)9-12-20(22)26-24/h2-3,5-6,9-13,24,26H,4,7-8H2,1H3/t24-/m0/s1. The minimum atomic E-state index is -0.180. The van der Waals surface area contributed by atoms with E-state index in [1.165, 1.54) is 21.9 Å². The average molecular weight is 434 g/mol. The van der Waals surface area contributed by atoms with Crippen LogP contribution in [0.25, 0.3) is 16.3 Å². The van der Waals surface area contributed by atoms with Crippen LogP contribution in [-0.2, 0) is 4.79 Å². The highest BCUT2D eigenvalue weighted by Crippen LogP contribution is 2.49. The van der Waals surface area contributed by atoms with Crippen molar-refractivity contribution in [3.05, 3.63) is 75.8 Å². The maximum Gasteiger partial charge on any atom is 0.161 e. The van der Waals surface area contributed by atoms with E-state index in [1.807, 2.05) is 18.2 Å². The number of carbonyl (C=O) groups excluding carboxylic acids is 1. The Morgan fingerprint density at radius 2 is 1.93 bits per heavy atom. The van der Waals surface area contributed by atoms with Gasteiger partial charge in [-0.2, -0.15) is 0 Å². The number of rotatable bonds is 2. The molecule has 0 saturated heterocycles. The third kappa shape index (κ3) is 2.67. The summed E-state index contributed by atoms with van der Waals surface area (Å²) in [7, 11) is 1.67. The van der Waals surface area contributed by atoms with Gasteiger partial charge in [0.1, 0.15) is 5.75 Å². The van der Waals surface area contributed by atoms with Gasteiger partial charge in [-0.15, -0.1) is 0 Å². The largest absolute Gasteiger partial charge is 0.497 e. The molecule has 2 aliphatic rings. The van der Waals surface area contributed by atoms with Crippen LogP contribution in [0.15, 0.2) is 64.6 Å². The molecule has 0 spiro atoms. The summed E-state index contributed by atoms with van der Waals surface area (Å²) < 4.78 is 6.41. The third-order valence-electron chi connectivity index (χ3n) is 5.79. The number of nitrogens with one attached hydrogen (secondary N) is 1. The Balaban J connectivity index is 1.78. The van der Waals surface area contributed by atoms with Crippen molar-refractivity contribution < 1.29 is 9.53 Å². The molecule has 4 heteroatoms. The smallest absolute Gasteiger partial charge is 0.161 e. The second kappa shape index (κ2) is 6.78. The maximum absolute atomic E-state index is 13.1. The topological polar surface area (TPSA) is 38.3 Å². The molecule has 5 rings (SSSR count). The molecule has 140 valence electrons. The Kier molecular flexibility index (Phi) is 4.24. The molecule has 1 aliphatic carbocycles. The van der Waals surface area contributed by atoms with Crippen molar-refractivity contribution in [1.29, 1.82) is 0 Å². The molecular weight excluding hydrogens is 414 g/mol. The fraction of sp³-hybridized carbons (Fsp3) is 0.208. The molecule has 3 aromatic rings. The first kappa shape index (κ1) is 17.5. The molecule has 3 nitrogen and oxygen atoms in total. The summed E-state index contributed by atoms with van der Waals surface area (Å²) >= 11 is 3.68. The minimum absolute atomic E-state index is 0.180. The second-order valence-corrected chi connectivity index (χ2v) is 8.20. The van der Waals surface area contributed by atoms with Gasteiger partial charge in [-0.25, -0.2) is 0 Å². The predicted octanol–water partition coefficient (Wildman–Crippen LogP) is 6.28. The number of benzene rings is 3. The molecule has 3 aromatic carbocycles. The molecule has 0 saturated carbocycles. The number of ether oxygens (including phenoxy) is 1. The first-order valence-corrected chi connectivity index (χ1v) is 10.3. The Morgan fingerprint density at radius 1 is 1.07 bits per heavy atom. The fourth-order valence-electron chi connectivity index (χ4n) is 4.51. The van der Waals surface area contributed by atoms with E-state index in [4.69, 9.17) is 4.74 Å². The zero-order valence-corrected chi connectivity index (χ0v) is 17.2. The van der Waals surface area contributed by atoms with Gasteiger partial charge in [0.25, 0.3) is 0 Å². The van der Waals surface area contributed by atoms with Crippen molar-refractivity contribution in [3.63, 3.8) is 0 Å². The zero-order valence-electron chi connectivity index (χ0n) is 15.6. The van der Waals surface area contributed by atoms with Crippen molar-refractivity contribution >= 4 is 43.7 Å². The van der Waals surface area contributed by atoms with Crippen LogP contribution < -0.4 is 10.1 Å². The number of ketones is 1. The van der Waals surface area contributed by atoms with Gasteiger partial charge >= 0.3 is 0 Å². The van der Waals surface area contributed by atoms with Gasteiger partial charge in [0, 0.05) is 27.7 Å². The molecular formula is C24H20BrNO2. The number of halogens is 1. The zero-order chi connectivity index (χ0) is 19.3. The summed E-state index contributed by atoms with van der Waals surface area (Å²) in [6.45, 7) is 0. The lowest BCUT2D eigenvalue weighted by molar-refractivity contribution is -0.116. The van der Waals surface area contributed by atoms with E-state index in [0.717, 1.165) is 39.9 Å². The number of anilines is 1. The first-order chi connectivity index (χ1) is 13.7. The molecule has 1 N–H and O–H groups in total. The van der Waals surface area contributed by atoms with Crippen LogP contribution in [-0.4, -0.2) is 12.9 Å². The van der Waals surface area contributed by atoms with Gasteiger partial charge < -0.3 is 10.1 Å².